The molecule has 0 atom stereocenters. The van der Waals surface area contributed by atoms with Crippen molar-refractivity contribution in [2.45, 2.75) is 20.3 Å². The number of benzene rings is 2. The lowest BCUT2D eigenvalue weighted by atomic mass is 9.93. The lowest BCUT2D eigenvalue weighted by molar-refractivity contribution is 1.13. The van der Waals surface area contributed by atoms with E-state index in [9.17, 15) is 0 Å². The van der Waals surface area contributed by atoms with Crippen LogP contribution in [0.5, 0.6) is 0 Å². The lowest BCUT2D eigenvalue weighted by Gasteiger charge is -2.11. The highest BCUT2D eigenvalue weighted by Gasteiger charge is 2.06. The topological polar surface area (TPSA) is 0 Å². The Kier molecular flexibility index (Phi) is 3.14. The highest BCUT2D eigenvalue weighted by molar-refractivity contribution is 5.95. The van der Waals surface area contributed by atoms with Crippen molar-refractivity contribution in [2.24, 2.45) is 0 Å². The standard InChI is InChI=1S/C17H18/c1-5-13-10-14(6-2)16-9-8-12(4)15(7-3)17(16)11-13/h5-6,8-11H,1-2,7H2,3-4H3. The minimum atomic E-state index is 1.06. The minimum Gasteiger partial charge on any atom is -0.0985 e. The van der Waals surface area contributed by atoms with Crippen LogP contribution in [-0.4, -0.2) is 0 Å². The average Bonchev–Trinajstić information content (AvgIpc) is 2.37. The molecule has 2 aromatic carbocycles. The van der Waals surface area contributed by atoms with Gasteiger partial charge in [-0.25, -0.2) is 0 Å². The Morgan fingerprint density at radius 1 is 1.06 bits per heavy atom. The first kappa shape index (κ1) is 11.7. The molecule has 0 heterocycles. The first-order chi connectivity index (χ1) is 8.21. The molecule has 0 aromatic heterocycles. The van der Waals surface area contributed by atoms with Gasteiger partial charge in [0.1, 0.15) is 0 Å². The van der Waals surface area contributed by atoms with Crippen LogP contribution >= 0.6 is 0 Å². The number of hydrogen-bond acceptors (Lipinski definition) is 0. The van der Waals surface area contributed by atoms with Crippen LogP contribution in [0.25, 0.3) is 22.9 Å². The van der Waals surface area contributed by atoms with E-state index < -0.39 is 0 Å². The summed E-state index contributed by atoms with van der Waals surface area (Å²) in [7, 11) is 0. The predicted molar refractivity (Wildman–Crippen MR) is 78.2 cm³/mol. The molecule has 2 aromatic rings. The first-order valence-corrected chi connectivity index (χ1v) is 6.02. The van der Waals surface area contributed by atoms with Gasteiger partial charge in [0.25, 0.3) is 0 Å². The van der Waals surface area contributed by atoms with Crippen LogP contribution in [0.4, 0.5) is 0 Å². The van der Waals surface area contributed by atoms with Crippen molar-refractivity contribution in [3.05, 3.63) is 59.7 Å². The summed E-state index contributed by atoms with van der Waals surface area (Å²) in [5.41, 5.74) is 5.13. The van der Waals surface area contributed by atoms with E-state index in [1.165, 1.54) is 27.5 Å². The Labute approximate surface area is 103 Å². The summed E-state index contributed by atoms with van der Waals surface area (Å²) in [4.78, 5) is 0. The molecule has 0 nitrogen and oxygen atoms in total. The molecular formula is C17H18. The van der Waals surface area contributed by atoms with Crippen LogP contribution in [0.15, 0.2) is 37.4 Å². The Balaban J connectivity index is 2.93. The SMILES string of the molecule is C=Cc1cc(C=C)c2ccc(C)c(CC)c2c1. The Hall–Kier alpha value is -1.82. The summed E-state index contributed by atoms with van der Waals surface area (Å²) in [6, 6.07) is 8.74. The van der Waals surface area contributed by atoms with Crippen molar-refractivity contribution in [3.63, 3.8) is 0 Å². The van der Waals surface area contributed by atoms with Gasteiger partial charge >= 0.3 is 0 Å². The normalized spacial score (nSPS) is 10.5. The zero-order chi connectivity index (χ0) is 12.4. The Bertz CT molecular complexity index is 589. The molecule has 0 spiro atoms. The van der Waals surface area contributed by atoms with Gasteiger partial charge in [-0.2, -0.15) is 0 Å². The van der Waals surface area contributed by atoms with E-state index in [1.54, 1.807) is 0 Å². The number of aryl methyl sites for hydroxylation is 2. The molecule has 0 aliphatic rings. The molecule has 0 fully saturated rings. The van der Waals surface area contributed by atoms with Gasteiger partial charge in [-0.05, 0) is 58.5 Å². The molecule has 0 saturated heterocycles. The maximum Gasteiger partial charge on any atom is -0.0108 e. The highest BCUT2D eigenvalue weighted by atomic mass is 14.1. The number of rotatable bonds is 3. The summed E-state index contributed by atoms with van der Waals surface area (Å²) in [5.74, 6) is 0. The highest BCUT2D eigenvalue weighted by Crippen LogP contribution is 2.28. The summed E-state index contributed by atoms with van der Waals surface area (Å²) in [5, 5.41) is 2.62. The molecule has 0 heteroatoms. The van der Waals surface area contributed by atoms with Crippen molar-refractivity contribution in [2.75, 3.05) is 0 Å². The summed E-state index contributed by atoms with van der Waals surface area (Å²) >= 11 is 0. The Morgan fingerprint density at radius 2 is 1.82 bits per heavy atom. The van der Waals surface area contributed by atoms with Gasteiger partial charge in [-0.3, -0.25) is 0 Å². The molecule has 2 rings (SSSR count). The predicted octanol–water partition coefficient (Wildman–Crippen LogP) is 5.00. The molecule has 0 aliphatic heterocycles. The van der Waals surface area contributed by atoms with Gasteiger partial charge < -0.3 is 0 Å². The zero-order valence-corrected chi connectivity index (χ0v) is 10.6. The van der Waals surface area contributed by atoms with Crippen LogP contribution in [0.2, 0.25) is 0 Å². The molecular weight excluding hydrogens is 204 g/mol. The molecule has 17 heavy (non-hydrogen) atoms. The molecule has 0 amide bonds. The maximum absolute atomic E-state index is 3.90. The molecule has 0 radical (unpaired) electrons. The fraction of sp³-hybridized carbons (Fsp3) is 0.176. The second kappa shape index (κ2) is 4.58. The van der Waals surface area contributed by atoms with Crippen LogP contribution in [0.1, 0.15) is 29.2 Å². The van der Waals surface area contributed by atoms with E-state index in [-0.39, 0.29) is 0 Å². The van der Waals surface area contributed by atoms with E-state index in [4.69, 9.17) is 0 Å². The third kappa shape index (κ3) is 1.91. The van der Waals surface area contributed by atoms with Crippen LogP contribution in [0.3, 0.4) is 0 Å². The second-order valence-electron chi connectivity index (χ2n) is 4.33. The van der Waals surface area contributed by atoms with E-state index in [1.807, 2.05) is 12.2 Å². The van der Waals surface area contributed by atoms with Gasteiger partial charge in [0.15, 0.2) is 0 Å². The van der Waals surface area contributed by atoms with Crippen LogP contribution in [0, 0.1) is 6.92 Å². The third-order valence-electron chi connectivity index (χ3n) is 3.34. The molecule has 86 valence electrons. The second-order valence-corrected chi connectivity index (χ2v) is 4.33. The first-order valence-electron chi connectivity index (χ1n) is 6.02. The smallest absolute Gasteiger partial charge is 0.0108 e. The molecule has 0 bridgehead atoms. The zero-order valence-electron chi connectivity index (χ0n) is 10.6. The van der Waals surface area contributed by atoms with E-state index >= 15 is 0 Å². The summed E-state index contributed by atoms with van der Waals surface area (Å²) in [6.07, 6.45) is 4.87. The van der Waals surface area contributed by atoms with Crippen molar-refractivity contribution in [1.29, 1.82) is 0 Å². The summed E-state index contributed by atoms with van der Waals surface area (Å²) in [6.45, 7) is 12.1. The molecule has 0 saturated carbocycles. The van der Waals surface area contributed by atoms with E-state index in [2.05, 4.69) is 51.3 Å². The van der Waals surface area contributed by atoms with Crippen molar-refractivity contribution < 1.29 is 0 Å². The fourth-order valence-electron chi connectivity index (χ4n) is 2.41. The quantitative estimate of drug-likeness (QED) is 0.685. The largest absolute Gasteiger partial charge is 0.0985 e. The van der Waals surface area contributed by atoms with Gasteiger partial charge in [0.05, 0.1) is 0 Å². The Morgan fingerprint density at radius 3 is 2.41 bits per heavy atom. The third-order valence-corrected chi connectivity index (χ3v) is 3.34. The van der Waals surface area contributed by atoms with Gasteiger partial charge in [-0.15, -0.1) is 0 Å². The summed E-state index contributed by atoms with van der Waals surface area (Å²) < 4.78 is 0. The molecule has 0 N–H and O–H groups in total. The maximum atomic E-state index is 3.90. The van der Waals surface area contributed by atoms with Gasteiger partial charge in [0, 0.05) is 0 Å². The fourth-order valence-corrected chi connectivity index (χ4v) is 2.41. The van der Waals surface area contributed by atoms with Crippen molar-refractivity contribution >= 4 is 22.9 Å². The van der Waals surface area contributed by atoms with Crippen LogP contribution in [-0.2, 0) is 6.42 Å². The van der Waals surface area contributed by atoms with Gasteiger partial charge in [0.2, 0.25) is 0 Å². The number of fused-ring (bicyclic) bond motifs is 1. The van der Waals surface area contributed by atoms with Crippen molar-refractivity contribution in [1.82, 2.24) is 0 Å². The minimum absolute atomic E-state index is 1.06. The van der Waals surface area contributed by atoms with E-state index in [0.717, 1.165) is 12.0 Å². The van der Waals surface area contributed by atoms with Crippen molar-refractivity contribution in [3.8, 4) is 0 Å². The molecule has 0 unspecified atom stereocenters. The van der Waals surface area contributed by atoms with Crippen LogP contribution < -0.4 is 0 Å². The van der Waals surface area contributed by atoms with E-state index in [0.29, 0.717) is 0 Å². The number of hydrogen-bond donors (Lipinski definition) is 0. The van der Waals surface area contributed by atoms with Gasteiger partial charge in [-0.1, -0.05) is 44.4 Å². The lowest BCUT2D eigenvalue weighted by Crippen LogP contribution is -1.91. The monoisotopic (exact) mass is 222 g/mol. The molecule has 0 aliphatic carbocycles. The average molecular weight is 222 g/mol.